The van der Waals surface area contributed by atoms with Crippen LogP contribution in [0.1, 0.15) is 20.3 Å². The van der Waals surface area contributed by atoms with E-state index in [0.29, 0.717) is 17.5 Å². The number of rotatable bonds is 1. The molecule has 1 N–H and O–H groups in total. The van der Waals surface area contributed by atoms with E-state index in [1.54, 1.807) is 4.90 Å². The first kappa shape index (κ1) is 14.1. The van der Waals surface area contributed by atoms with Gasteiger partial charge in [-0.15, -0.1) is 0 Å². The van der Waals surface area contributed by atoms with Gasteiger partial charge in [-0.1, -0.05) is 25.4 Å². The Hall–Kier alpha value is -1.29. The lowest BCUT2D eigenvalue weighted by molar-refractivity contribution is 0.156. The molecule has 1 aromatic carbocycles. The van der Waals surface area contributed by atoms with Gasteiger partial charge in [0.2, 0.25) is 0 Å². The highest BCUT2D eigenvalue weighted by Gasteiger charge is 2.25. The van der Waals surface area contributed by atoms with Crippen molar-refractivity contribution in [1.29, 1.82) is 0 Å². The minimum absolute atomic E-state index is 0.0122. The van der Waals surface area contributed by atoms with Crippen molar-refractivity contribution in [2.75, 3.05) is 18.4 Å². The number of nitrogens with one attached hydrogen (secondary N) is 1. The quantitative estimate of drug-likeness (QED) is 0.831. The Labute approximate surface area is 117 Å². The molecule has 0 aliphatic carbocycles. The van der Waals surface area contributed by atoms with Crippen LogP contribution in [-0.4, -0.2) is 24.0 Å². The van der Waals surface area contributed by atoms with Gasteiger partial charge in [-0.3, -0.25) is 0 Å². The summed E-state index contributed by atoms with van der Waals surface area (Å²) in [5, 5.41) is 2.77. The van der Waals surface area contributed by atoms with E-state index in [1.807, 2.05) is 0 Å². The van der Waals surface area contributed by atoms with E-state index in [2.05, 4.69) is 19.2 Å². The molecule has 0 radical (unpaired) electrons. The Morgan fingerprint density at radius 2 is 2.00 bits per heavy atom. The molecule has 2 amide bonds. The van der Waals surface area contributed by atoms with Crippen molar-refractivity contribution in [2.45, 2.75) is 20.3 Å². The van der Waals surface area contributed by atoms with Crippen LogP contribution in [0.2, 0.25) is 5.02 Å². The first-order valence-corrected chi connectivity index (χ1v) is 6.84. The summed E-state index contributed by atoms with van der Waals surface area (Å²) in [7, 11) is 0. The molecule has 3 nitrogen and oxygen atoms in total. The number of amides is 2. The summed E-state index contributed by atoms with van der Waals surface area (Å²) < 4.78 is 13.0. The number of carbonyl (C=O) groups excluding carboxylic acids is 1. The van der Waals surface area contributed by atoms with Gasteiger partial charge in [0, 0.05) is 18.8 Å². The maximum Gasteiger partial charge on any atom is 0.321 e. The Morgan fingerprint density at radius 1 is 1.37 bits per heavy atom. The topological polar surface area (TPSA) is 32.3 Å². The molecular formula is C14H18ClFN2O. The fourth-order valence-corrected chi connectivity index (χ4v) is 2.79. The Morgan fingerprint density at radius 3 is 2.58 bits per heavy atom. The number of urea groups is 1. The average Bonchev–Trinajstić information content (AvgIpc) is 2.32. The molecule has 104 valence electrons. The Balaban J connectivity index is 2.02. The molecule has 1 aliphatic heterocycles. The number of carbonyl (C=O) groups is 1. The van der Waals surface area contributed by atoms with E-state index in [4.69, 9.17) is 11.6 Å². The van der Waals surface area contributed by atoms with E-state index in [0.717, 1.165) is 19.5 Å². The van der Waals surface area contributed by atoms with Crippen LogP contribution in [0.5, 0.6) is 0 Å². The highest BCUT2D eigenvalue weighted by atomic mass is 35.5. The molecule has 5 heteroatoms. The molecule has 19 heavy (non-hydrogen) atoms. The van der Waals surface area contributed by atoms with E-state index >= 15 is 0 Å². The van der Waals surface area contributed by atoms with Gasteiger partial charge in [0.15, 0.2) is 0 Å². The predicted octanol–water partition coefficient (Wildman–Crippen LogP) is 3.99. The molecule has 0 bridgehead atoms. The number of hydrogen-bond acceptors (Lipinski definition) is 1. The molecule has 0 aromatic heterocycles. The largest absolute Gasteiger partial charge is 0.324 e. The maximum absolute atomic E-state index is 13.0. The summed E-state index contributed by atoms with van der Waals surface area (Å²) >= 11 is 5.69. The molecule has 1 heterocycles. The van der Waals surface area contributed by atoms with Crippen LogP contribution in [0.3, 0.4) is 0 Å². The number of benzene rings is 1. The second kappa shape index (κ2) is 5.78. The Kier molecular flexibility index (Phi) is 4.30. The highest BCUT2D eigenvalue weighted by Crippen LogP contribution is 2.23. The van der Waals surface area contributed by atoms with Crippen molar-refractivity contribution < 1.29 is 9.18 Å². The summed E-state index contributed by atoms with van der Waals surface area (Å²) in [4.78, 5) is 13.9. The fourth-order valence-electron chi connectivity index (χ4n) is 2.61. The summed E-state index contributed by atoms with van der Waals surface area (Å²) in [6.07, 6.45) is 1.14. The summed E-state index contributed by atoms with van der Waals surface area (Å²) in [5.74, 6) is 0.525. The minimum Gasteiger partial charge on any atom is -0.324 e. The van der Waals surface area contributed by atoms with Crippen molar-refractivity contribution >= 4 is 23.3 Å². The number of likely N-dealkylation sites (tertiary alicyclic amines) is 1. The van der Waals surface area contributed by atoms with Crippen LogP contribution in [0, 0.1) is 17.7 Å². The lowest BCUT2D eigenvalue weighted by atomic mass is 9.92. The smallest absolute Gasteiger partial charge is 0.321 e. The van der Waals surface area contributed by atoms with Crippen LogP contribution in [0.15, 0.2) is 18.2 Å². The van der Waals surface area contributed by atoms with Crippen molar-refractivity contribution in [3.63, 3.8) is 0 Å². The lowest BCUT2D eigenvalue weighted by Gasteiger charge is -2.34. The molecule has 0 unspecified atom stereocenters. The average molecular weight is 285 g/mol. The van der Waals surface area contributed by atoms with Gasteiger partial charge in [-0.05, 0) is 36.5 Å². The lowest BCUT2D eigenvalue weighted by Crippen LogP contribution is -2.44. The van der Waals surface area contributed by atoms with Crippen LogP contribution >= 0.6 is 11.6 Å². The zero-order valence-electron chi connectivity index (χ0n) is 11.1. The third-order valence-electron chi connectivity index (χ3n) is 3.33. The molecule has 1 aliphatic rings. The molecule has 1 fully saturated rings. The van der Waals surface area contributed by atoms with E-state index in [-0.39, 0.29) is 11.1 Å². The molecule has 2 atom stereocenters. The first-order chi connectivity index (χ1) is 8.95. The monoisotopic (exact) mass is 284 g/mol. The Bertz CT molecular complexity index is 471. The first-order valence-electron chi connectivity index (χ1n) is 6.46. The van der Waals surface area contributed by atoms with E-state index < -0.39 is 5.82 Å². The summed E-state index contributed by atoms with van der Waals surface area (Å²) in [6.45, 7) is 5.80. The van der Waals surface area contributed by atoms with Gasteiger partial charge in [-0.25, -0.2) is 9.18 Å². The molecule has 1 saturated heterocycles. The van der Waals surface area contributed by atoms with Crippen molar-refractivity contribution in [1.82, 2.24) is 4.90 Å². The third kappa shape index (κ3) is 3.60. The van der Waals surface area contributed by atoms with Crippen LogP contribution in [0.4, 0.5) is 14.9 Å². The van der Waals surface area contributed by atoms with Gasteiger partial charge in [0.05, 0.1) is 5.02 Å². The SMILES string of the molecule is C[C@H]1C[C@H](C)CN(C(=O)Nc2ccc(F)c(Cl)c2)C1. The van der Waals surface area contributed by atoms with Gasteiger partial charge < -0.3 is 10.2 Å². The standard InChI is InChI=1S/C14H18ClFN2O/c1-9-5-10(2)8-18(7-9)14(19)17-11-3-4-13(16)12(15)6-11/h3-4,6,9-10H,5,7-8H2,1-2H3,(H,17,19)/t9-,10-/m0/s1. The summed E-state index contributed by atoms with van der Waals surface area (Å²) in [5.41, 5.74) is 0.516. The van der Waals surface area contributed by atoms with Crippen molar-refractivity contribution in [2.24, 2.45) is 11.8 Å². The predicted molar refractivity (Wildman–Crippen MR) is 74.9 cm³/mol. The normalized spacial score (nSPS) is 23.3. The third-order valence-corrected chi connectivity index (χ3v) is 3.62. The molecule has 0 saturated carbocycles. The minimum atomic E-state index is -0.486. The molecule has 0 spiro atoms. The van der Waals surface area contributed by atoms with Gasteiger partial charge in [0.1, 0.15) is 5.82 Å². The number of anilines is 1. The number of nitrogens with zero attached hydrogens (tertiary/aromatic N) is 1. The van der Waals surface area contributed by atoms with Crippen LogP contribution < -0.4 is 5.32 Å². The zero-order valence-corrected chi connectivity index (χ0v) is 11.9. The van der Waals surface area contributed by atoms with Crippen molar-refractivity contribution in [3.8, 4) is 0 Å². The fraction of sp³-hybridized carbons (Fsp3) is 0.500. The van der Waals surface area contributed by atoms with Gasteiger partial charge in [-0.2, -0.15) is 0 Å². The van der Waals surface area contributed by atoms with Gasteiger partial charge in [0.25, 0.3) is 0 Å². The van der Waals surface area contributed by atoms with Crippen LogP contribution in [0.25, 0.3) is 0 Å². The number of piperidine rings is 1. The highest BCUT2D eigenvalue weighted by molar-refractivity contribution is 6.31. The number of hydrogen-bond donors (Lipinski definition) is 1. The van der Waals surface area contributed by atoms with E-state index in [1.165, 1.54) is 18.2 Å². The van der Waals surface area contributed by atoms with Crippen LogP contribution in [-0.2, 0) is 0 Å². The molecule has 1 aromatic rings. The molecule has 2 rings (SSSR count). The van der Waals surface area contributed by atoms with E-state index in [9.17, 15) is 9.18 Å². The second-order valence-corrected chi connectivity index (χ2v) is 5.82. The number of halogens is 2. The summed E-state index contributed by atoms with van der Waals surface area (Å²) in [6, 6.07) is 4.03. The zero-order chi connectivity index (χ0) is 14.0. The molecular weight excluding hydrogens is 267 g/mol. The van der Waals surface area contributed by atoms with Gasteiger partial charge >= 0.3 is 6.03 Å². The second-order valence-electron chi connectivity index (χ2n) is 5.41. The van der Waals surface area contributed by atoms with Crippen molar-refractivity contribution in [3.05, 3.63) is 29.0 Å². The maximum atomic E-state index is 13.0.